The van der Waals surface area contributed by atoms with Gasteiger partial charge in [0.05, 0.1) is 6.04 Å². The summed E-state index contributed by atoms with van der Waals surface area (Å²) in [6.45, 7) is 5.44. The van der Waals surface area contributed by atoms with E-state index in [4.69, 9.17) is 4.74 Å². The van der Waals surface area contributed by atoms with Crippen molar-refractivity contribution in [2.24, 2.45) is 0 Å². The van der Waals surface area contributed by atoms with Gasteiger partial charge in [0, 0.05) is 13.6 Å². The van der Waals surface area contributed by atoms with E-state index in [0.717, 1.165) is 30.8 Å². The summed E-state index contributed by atoms with van der Waals surface area (Å²) in [5.41, 5.74) is 3.38. The predicted octanol–water partition coefficient (Wildman–Crippen LogP) is 4.40. The summed E-state index contributed by atoms with van der Waals surface area (Å²) in [5, 5.41) is 0. The van der Waals surface area contributed by atoms with Crippen molar-refractivity contribution in [1.82, 2.24) is 9.80 Å². The minimum absolute atomic E-state index is 0.00280. The SMILES string of the molecule is Cc1ccc([C@@H](CN2CCCC2)N(C)C(=O)OCc2ccccc2)cc1. The first-order valence-electron chi connectivity index (χ1n) is 9.36. The van der Waals surface area contributed by atoms with Crippen LogP contribution in [0, 0.1) is 6.92 Å². The molecule has 1 aliphatic rings. The monoisotopic (exact) mass is 352 g/mol. The van der Waals surface area contributed by atoms with E-state index < -0.39 is 0 Å². The van der Waals surface area contributed by atoms with Crippen LogP contribution in [0.4, 0.5) is 4.79 Å². The Labute approximate surface area is 156 Å². The molecule has 1 aliphatic heterocycles. The molecule has 0 radical (unpaired) electrons. The molecule has 4 nitrogen and oxygen atoms in total. The molecule has 2 aromatic rings. The van der Waals surface area contributed by atoms with Crippen LogP contribution in [0.3, 0.4) is 0 Å². The highest BCUT2D eigenvalue weighted by molar-refractivity contribution is 5.68. The third-order valence-electron chi connectivity index (χ3n) is 5.05. The second kappa shape index (κ2) is 8.86. The minimum Gasteiger partial charge on any atom is -0.445 e. The van der Waals surface area contributed by atoms with E-state index in [2.05, 4.69) is 36.1 Å². The van der Waals surface area contributed by atoms with E-state index in [9.17, 15) is 4.79 Å². The Balaban J connectivity index is 1.69. The van der Waals surface area contributed by atoms with E-state index in [1.54, 1.807) is 4.90 Å². The van der Waals surface area contributed by atoms with Gasteiger partial charge in [0.15, 0.2) is 0 Å². The first-order valence-corrected chi connectivity index (χ1v) is 9.36. The Hall–Kier alpha value is -2.33. The van der Waals surface area contributed by atoms with Gasteiger partial charge in [-0.25, -0.2) is 4.79 Å². The van der Waals surface area contributed by atoms with Crippen LogP contribution >= 0.6 is 0 Å². The lowest BCUT2D eigenvalue weighted by Gasteiger charge is -2.31. The third-order valence-corrected chi connectivity index (χ3v) is 5.05. The zero-order valence-electron chi connectivity index (χ0n) is 15.7. The van der Waals surface area contributed by atoms with Gasteiger partial charge in [-0.3, -0.25) is 0 Å². The van der Waals surface area contributed by atoms with Crippen LogP contribution < -0.4 is 0 Å². The summed E-state index contributed by atoms with van der Waals surface area (Å²) >= 11 is 0. The maximum atomic E-state index is 12.7. The molecule has 1 fully saturated rings. The number of likely N-dealkylation sites (N-methyl/N-ethyl adjacent to an activating group) is 1. The summed E-state index contributed by atoms with van der Waals surface area (Å²) in [4.78, 5) is 16.8. The maximum absolute atomic E-state index is 12.7. The number of hydrogen-bond acceptors (Lipinski definition) is 3. The zero-order chi connectivity index (χ0) is 18.4. The van der Waals surface area contributed by atoms with Gasteiger partial charge < -0.3 is 14.5 Å². The molecule has 1 saturated heterocycles. The fourth-order valence-corrected chi connectivity index (χ4v) is 3.40. The topological polar surface area (TPSA) is 32.8 Å². The van der Waals surface area contributed by atoms with E-state index in [0.29, 0.717) is 6.61 Å². The lowest BCUT2D eigenvalue weighted by atomic mass is 10.0. The Morgan fingerprint density at radius 2 is 1.73 bits per heavy atom. The van der Waals surface area contributed by atoms with Gasteiger partial charge in [-0.15, -0.1) is 0 Å². The quantitative estimate of drug-likeness (QED) is 0.772. The van der Waals surface area contributed by atoms with Crippen LogP contribution in [0.15, 0.2) is 54.6 Å². The standard InChI is InChI=1S/C22H28N2O2/c1-18-10-12-20(13-11-18)21(16-24-14-6-7-15-24)23(2)22(25)26-17-19-8-4-3-5-9-19/h3-5,8-13,21H,6-7,14-17H2,1-2H3/t21-/m1/s1. The Bertz CT molecular complexity index is 694. The highest BCUT2D eigenvalue weighted by Crippen LogP contribution is 2.24. The maximum Gasteiger partial charge on any atom is 0.410 e. The van der Waals surface area contributed by atoms with Crippen molar-refractivity contribution in [1.29, 1.82) is 0 Å². The van der Waals surface area contributed by atoms with Crippen molar-refractivity contribution in [3.63, 3.8) is 0 Å². The molecule has 0 aromatic heterocycles. The summed E-state index contributed by atoms with van der Waals surface area (Å²) in [7, 11) is 1.84. The Kier molecular flexibility index (Phi) is 6.29. The molecule has 3 rings (SSSR count). The molecule has 0 unspecified atom stereocenters. The molecule has 26 heavy (non-hydrogen) atoms. The molecule has 4 heteroatoms. The van der Waals surface area contributed by atoms with E-state index in [1.165, 1.54) is 18.4 Å². The highest BCUT2D eigenvalue weighted by Gasteiger charge is 2.26. The molecule has 0 bridgehead atoms. The summed E-state index contributed by atoms with van der Waals surface area (Å²) < 4.78 is 5.55. The molecule has 1 heterocycles. The number of carbonyl (C=O) groups is 1. The molecule has 0 N–H and O–H groups in total. The predicted molar refractivity (Wildman–Crippen MR) is 104 cm³/mol. The van der Waals surface area contributed by atoms with Crippen molar-refractivity contribution >= 4 is 6.09 Å². The van der Waals surface area contributed by atoms with E-state index >= 15 is 0 Å². The molecule has 2 aromatic carbocycles. The number of amides is 1. The highest BCUT2D eigenvalue weighted by atomic mass is 16.6. The Morgan fingerprint density at radius 1 is 1.08 bits per heavy atom. The number of benzene rings is 2. The fraction of sp³-hybridized carbons (Fsp3) is 0.409. The van der Waals surface area contributed by atoms with Gasteiger partial charge in [0.1, 0.15) is 6.61 Å². The van der Waals surface area contributed by atoms with Gasteiger partial charge in [-0.1, -0.05) is 60.2 Å². The number of aryl methyl sites for hydroxylation is 1. The van der Waals surface area contributed by atoms with Crippen LogP contribution in [0.5, 0.6) is 0 Å². The van der Waals surface area contributed by atoms with Crippen LogP contribution in [0.2, 0.25) is 0 Å². The number of hydrogen-bond donors (Lipinski definition) is 0. The van der Waals surface area contributed by atoms with Crippen LogP contribution in [0.1, 0.15) is 35.6 Å². The van der Waals surface area contributed by atoms with Gasteiger partial charge >= 0.3 is 6.09 Å². The van der Waals surface area contributed by atoms with E-state index in [-0.39, 0.29) is 12.1 Å². The largest absolute Gasteiger partial charge is 0.445 e. The number of likely N-dealkylation sites (tertiary alicyclic amines) is 1. The second-order valence-corrected chi connectivity index (χ2v) is 7.09. The summed E-state index contributed by atoms with van der Waals surface area (Å²) in [6.07, 6.45) is 2.20. The minimum atomic E-state index is -0.279. The van der Waals surface area contributed by atoms with Crippen molar-refractivity contribution in [2.75, 3.05) is 26.7 Å². The van der Waals surface area contributed by atoms with Crippen molar-refractivity contribution in [3.05, 3.63) is 71.3 Å². The summed E-state index contributed by atoms with van der Waals surface area (Å²) in [6, 6.07) is 18.3. The van der Waals surface area contributed by atoms with Gasteiger partial charge in [-0.2, -0.15) is 0 Å². The normalized spacial score (nSPS) is 15.6. The number of ether oxygens (including phenoxy) is 1. The fourth-order valence-electron chi connectivity index (χ4n) is 3.40. The lowest BCUT2D eigenvalue weighted by molar-refractivity contribution is 0.0834. The van der Waals surface area contributed by atoms with Gasteiger partial charge in [0.2, 0.25) is 0 Å². The number of carbonyl (C=O) groups excluding carboxylic acids is 1. The number of rotatable bonds is 6. The molecule has 0 aliphatic carbocycles. The average Bonchev–Trinajstić information content (AvgIpc) is 3.18. The molecule has 1 amide bonds. The molecular formula is C22H28N2O2. The molecule has 138 valence electrons. The first kappa shape index (κ1) is 18.5. The van der Waals surface area contributed by atoms with Crippen LogP contribution in [0.25, 0.3) is 0 Å². The molecule has 0 spiro atoms. The second-order valence-electron chi connectivity index (χ2n) is 7.09. The first-order chi connectivity index (χ1) is 12.6. The van der Waals surface area contributed by atoms with Crippen molar-refractivity contribution in [2.45, 2.75) is 32.4 Å². The summed E-state index contributed by atoms with van der Waals surface area (Å²) in [5.74, 6) is 0. The Morgan fingerprint density at radius 3 is 2.38 bits per heavy atom. The van der Waals surface area contributed by atoms with Crippen molar-refractivity contribution in [3.8, 4) is 0 Å². The molecule has 0 saturated carbocycles. The zero-order valence-corrected chi connectivity index (χ0v) is 15.7. The molecular weight excluding hydrogens is 324 g/mol. The van der Waals surface area contributed by atoms with Gasteiger partial charge in [0.25, 0.3) is 0 Å². The van der Waals surface area contributed by atoms with Crippen LogP contribution in [-0.4, -0.2) is 42.6 Å². The van der Waals surface area contributed by atoms with Crippen molar-refractivity contribution < 1.29 is 9.53 Å². The van der Waals surface area contributed by atoms with Gasteiger partial charge in [-0.05, 0) is 44.0 Å². The molecule has 1 atom stereocenters. The average molecular weight is 352 g/mol. The van der Waals surface area contributed by atoms with Crippen LogP contribution in [-0.2, 0) is 11.3 Å². The lowest BCUT2D eigenvalue weighted by Crippen LogP contribution is -2.38. The number of nitrogens with zero attached hydrogens (tertiary/aromatic N) is 2. The smallest absolute Gasteiger partial charge is 0.410 e. The third kappa shape index (κ3) is 4.85. The van der Waals surface area contributed by atoms with E-state index in [1.807, 2.05) is 37.4 Å².